The molecule has 0 fully saturated rings. The second-order valence-electron chi connectivity index (χ2n) is 5.60. The summed E-state index contributed by atoms with van der Waals surface area (Å²) < 4.78 is 38.3. The summed E-state index contributed by atoms with van der Waals surface area (Å²) in [4.78, 5) is 24.2. The van der Waals surface area contributed by atoms with E-state index in [2.05, 4.69) is 5.32 Å². The lowest BCUT2D eigenvalue weighted by Gasteiger charge is -2.15. The monoisotopic (exact) mass is 380 g/mol. The summed E-state index contributed by atoms with van der Waals surface area (Å²) in [5.74, 6) is -3.24. The molecule has 3 N–H and O–H groups in total. The maximum Gasteiger partial charge on any atom is 0.240 e. The van der Waals surface area contributed by atoms with Crippen LogP contribution >= 0.6 is 0 Å². The Bertz CT molecular complexity index is 815. The molecule has 0 aromatic heterocycles. The first-order valence-corrected chi connectivity index (χ1v) is 9.14. The summed E-state index contributed by atoms with van der Waals surface area (Å²) in [6, 6.07) is 10.8. The normalized spacial score (nSPS) is 13.0. The largest absolute Gasteiger partial charge is 0.368 e. The van der Waals surface area contributed by atoms with E-state index >= 15 is 0 Å². The van der Waals surface area contributed by atoms with E-state index in [1.54, 1.807) is 30.3 Å². The Kier molecular flexibility index (Phi) is 6.97. The standard InChI is InChI=1S/C18H18F2N2O3S/c19-14-7-6-12(10-15(14)20)11-17(23)22-16(18(21)24)8-9-26(25)13-4-2-1-3-5-13/h1-7,10,16H,8-9,11H2,(H2,21,24)(H,22,23)/t16-,26+/m0/s1. The number of primary amides is 1. The van der Waals surface area contributed by atoms with Crippen LogP contribution in [-0.2, 0) is 26.8 Å². The van der Waals surface area contributed by atoms with E-state index in [1.807, 2.05) is 0 Å². The molecule has 0 aliphatic heterocycles. The molecule has 0 unspecified atom stereocenters. The van der Waals surface area contributed by atoms with Crippen LogP contribution in [0.3, 0.4) is 0 Å². The molecule has 0 heterocycles. The molecule has 0 aliphatic rings. The van der Waals surface area contributed by atoms with E-state index in [9.17, 15) is 22.6 Å². The van der Waals surface area contributed by atoms with Crippen LogP contribution in [0.1, 0.15) is 12.0 Å². The van der Waals surface area contributed by atoms with Crippen molar-refractivity contribution in [3.05, 3.63) is 65.7 Å². The minimum absolute atomic E-state index is 0.0976. The van der Waals surface area contributed by atoms with Gasteiger partial charge in [0.25, 0.3) is 0 Å². The number of benzene rings is 2. The van der Waals surface area contributed by atoms with Crippen LogP contribution in [0.2, 0.25) is 0 Å². The fourth-order valence-electron chi connectivity index (χ4n) is 2.28. The summed E-state index contributed by atoms with van der Waals surface area (Å²) in [5, 5.41) is 2.44. The molecule has 2 aromatic carbocycles. The van der Waals surface area contributed by atoms with Crippen molar-refractivity contribution in [2.24, 2.45) is 5.73 Å². The van der Waals surface area contributed by atoms with Gasteiger partial charge in [-0.3, -0.25) is 13.8 Å². The van der Waals surface area contributed by atoms with Gasteiger partial charge in [0.1, 0.15) is 6.04 Å². The van der Waals surface area contributed by atoms with Gasteiger partial charge in [0.15, 0.2) is 11.6 Å². The number of nitrogens with two attached hydrogens (primary N) is 1. The fourth-order valence-corrected chi connectivity index (χ4v) is 3.43. The molecule has 0 spiro atoms. The molecule has 0 radical (unpaired) electrons. The highest BCUT2D eigenvalue weighted by atomic mass is 32.2. The van der Waals surface area contributed by atoms with Gasteiger partial charge in [-0.05, 0) is 36.2 Å². The first kappa shape index (κ1) is 19.7. The molecule has 5 nitrogen and oxygen atoms in total. The molecule has 138 valence electrons. The zero-order chi connectivity index (χ0) is 19.1. The zero-order valence-electron chi connectivity index (χ0n) is 13.8. The number of rotatable bonds is 8. The van der Waals surface area contributed by atoms with Gasteiger partial charge >= 0.3 is 0 Å². The number of carbonyl (C=O) groups excluding carboxylic acids is 2. The maximum absolute atomic E-state index is 13.2. The Balaban J connectivity index is 1.92. The number of nitrogens with one attached hydrogen (secondary N) is 1. The fraction of sp³-hybridized carbons (Fsp3) is 0.222. The van der Waals surface area contributed by atoms with Crippen molar-refractivity contribution < 1.29 is 22.6 Å². The SMILES string of the molecule is NC(=O)[C@H](CC[S@@](=O)c1ccccc1)NC(=O)Cc1ccc(F)c(F)c1. The molecule has 2 aromatic rings. The first-order valence-electron chi connectivity index (χ1n) is 7.83. The average Bonchev–Trinajstić information content (AvgIpc) is 2.62. The van der Waals surface area contributed by atoms with Gasteiger partial charge in [0, 0.05) is 10.6 Å². The topological polar surface area (TPSA) is 89.3 Å². The van der Waals surface area contributed by atoms with E-state index in [1.165, 1.54) is 6.07 Å². The van der Waals surface area contributed by atoms with Gasteiger partial charge in [-0.1, -0.05) is 24.3 Å². The lowest BCUT2D eigenvalue weighted by Crippen LogP contribution is -2.45. The smallest absolute Gasteiger partial charge is 0.240 e. The van der Waals surface area contributed by atoms with Crippen molar-refractivity contribution in [3.8, 4) is 0 Å². The highest BCUT2D eigenvalue weighted by Crippen LogP contribution is 2.10. The molecule has 8 heteroatoms. The van der Waals surface area contributed by atoms with Crippen LogP contribution < -0.4 is 11.1 Å². The quantitative estimate of drug-likeness (QED) is 0.730. The number of halogens is 2. The molecule has 2 amide bonds. The molecule has 0 bridgehead atoms. The van der Waals surface area contributed by atoms with Crippen molar-refractivity contribution in [3.63, 3.8) is 0 Å². The van der Waals surface area contributed by atoms with Gasteiger partial charge in [-0.25, -0.2) is 8.78 Å². The van der Waals surface area contributed by atoms with E-state index in [0.29, 0.717) is 4.90 Å². The van der Waals surface area contributed by atoms with Crippen molar-refractivity contribution in [1.29, 1.82) is 0 Å². The molecular formula is C18H18F2N2O3S. The molecule has 2 atom stereocenters. The Morgan fingerprint density at radius 3 is 2.38 bits per heavy atom. The molecule has 26 heavy (non-hydrogen) atoms. The lowest BCUT2D eigenvalue weighted by molar-refractivity contribution is -0.127. The number of hydrogen-bond donors (Lipinski definition) is 2. The van der Waals surface area contributed by atoms with Crippen LogP contribution in [0, 0.1) is 11.6 Å². The number of amides is 2. The van der Waals surface area contributed by atoms with Gasteiger partial charge < -0.3 is 11.1 Å². The second-order valence-corrected chi connectivity index (χ2v) is 7.17. The average molecular weight is 380 g/mol. The van der Waals surface area contributed by atoms with E-state index < -0.39 is 40.3 Å². The molecule has 2 rings (SSSR count). The van der Waals surface area contributed by atoms with E-state index in [0.717, 1.165) is 12.1 Å². The third-order valence-corrected chi connectivity index (χ3v) is 5.03. The zero-order valence-corrected chi connectivity index (χ0v) is 14.6. The molecular weight excluding hydrogens is 362 g/mol. The van der Waals surface area contributed by atoms with Crippen LogP contribution in [0.25, 0.3) is 0 Å². The van der Waals surface area contributed by atoms with Crippen LogP contribution in [0.5, 0.6) is 0 Å². The molecule has 0 saturated carbocycles. The van der Waals surface area contributed by atoms with Gasteiger partial charge in [-0.2, -0.15) is 0 Å². The first-order chi connectivity index (χ1) is 12.4. The Morgan fingerprint density at radius 2 is 1.77 bits per heavy atom. The summed E-state index contributed by atoms with van der Waals surface area (Å²) >= 11 is 0. The minimum Gasteiger partial charge on any atom is -0.368 e. The highest BCUT2D eigenvalue weighted by molar-refractivity contribution is 7.85. The molecule has 0 aliphatic carbocycles. The Morgan fingerprint density at radius 1 is 1.08 bits per heavy atom. The third kappa shape index (κ3) is 5.73. The minimum atomic E-state index is -1.33. The van der Waals surface area contributed by atoms with Crippen molar-refractivity contribution in [1.82, 2.24) is 5.32 Å². The van der Waals surface area contributed by atoms with Crippen LogP contribution in [0.4, 0.5) is 8.78 Å². The van der Waals surface area contributed by atoms with Crippen LogP contribution in [0.15, 0.2) is 53.4 Å². The summed E-state index contributed by atoms with van der Waals surface area (Å²) in [7, 11) is -1.33. The van der Waals surface area contributed by atoms with Crippen molar-refractivity contribution >= 4 is 22.6 Å². The highest BCUT2D eigenvalue weighted by Gasteiger charge is 2.20. The summed E-state index contributed by atoms with van der Waals surface area (Å²) in [6.07, 6.45) is -0.136. The maximum atomic E-state index is 13.2. The predicted octanol–water partition coefficient (Wildman–Crippen LogP) is 1.68. The van der Waals surface area contributed by atoms with Crippen LogP contribution in [-0.4, -0.2) is 27.8 Å². The lowest BCUT2D eigenvalue weighted by atomic mass is 10.1. The van der Waals surface area contributed by atoms with E-state index in [4.69, 9.17) is 5.73 Å². The summed E-state index contributed by atoms with van der Waals surface area (Å²) in [5.41, 5.74) is 5.55. The van der Waals surface area contributed by atoms with Crippen molar-refractivity contribution in [2.75, 3.05) is 5.75 Å². The van der Waals surface area contributed by atoms with Gasteiger partial charge in [-0.15, -0.1) is 0 Å². The van der Waals surface area contributed by atoms with E-state index in [-0.39, 0.29) is 24.2 Å². The Hall–Kier alpha value is -2.61. The number of hydrogen-bond acceptors (Lipinski definition) is 3. The number of carbonyl (C=O) groups is 2. The second kappa shape index (κ2) is 9.19. The predicted molar refractivity (Wildman–Crippen MR) is 93.5 cm³/mol. The van der Waals surface area contributed by atoms with Gasteiger partial charge in [0.05, 0.1) is 17.2 Å². The van der Waals surface area contributed by atoms with Gasteiger partial charge in [0.2, 0.25) is 11.8 Å². The molecule has 0 saturated heterocycles. The Labute approximate surface area is 152 Å². The summed E-state index contributed by atoms with van der Waals surface area (Å²) in [6.45, 7) is 0. The van der Waals surface area contributed by atoms with Crippen molar-refractivity contribution in [2.45, 2.75) is 23.8 Å². The third-order valence-electron chi connectivity index (χ3n) is 3.63.